The average Bonchev–Trinajstić information content (AvgIpc) is 2.79. The number of hydrogen-bond donors (Lipinski definition) is 0. The van der Waals surface area contributed by atoms with Crippen molar-refractivity contribution in [3.05, 3.63) is 27.0 Å². The van der Waals surface area contributed by atoms with E-state index >= 15 is 0 Å². The molecule has 0 N–H and O–H groups in total. The number of nitrogens with zero attached hydrogens (tertiary/aromatic N) is 4. The number of hydrogen-bond acceptors (Lipinski definition) is 5. The molecule has 0 amide bonds. The molecule has 98 valence electrons. The Balaban J connectivity index is 2.99. The lowest BCUT2D eigenvalue weighted by molar-refractivity contribution is 0.581. The van der Waals surface area contributed by atoms with Crippen molar-refractivity contribution < 1.29 is 8.42 Å². The van der Waals surface area contributed by atoms with Gasteiger partial charge < -0.3 is 0 Å². The maximum absolute atomic E-state index is 11.8. The van der Waals surface area contributed by atoms with E-state index in [-0.39, 0.29) is 16.8 Å². The average molecular weight is 272 g/mol. The minimum Gasteiger partial charge on any atom is -0.279 e. The highest BCUT2D eigenvalue weighted by molar-refractivity contribution is 7.89. The molecular formula is C9H12N4O4S. The van der Waals surface area contributed by atoms with Crippen LogP contribution in [-0.2, 0) is 24.1 Å². The Morgan fingerprint density at radius 2 is 1.83 bits per heavy atom. The van der Waals surface area contributed by atoms with Gasteiger partial charge in [0.05, 0.1) is 11.9 Å². The first-order valence-corrected chi connectivity index (χ1v) is 6.79. The van der Waals surface area contributed by atoms with Gasteiger partial charge in [-0.15, -0.1) is 5.10 Å². The van der Waals surface area contributed by atoms with Gasteiger partial charge in [-0.25, -0.2) is 13.2 Å². The molecule has 2 aromatic rings. The Morgan fingerprint density at radius 1 is 1.22 bits per heavy atom. The van der Waals surface area contributed by atoms with Crippen LogP contribution in [0.3, 0.4) is 0 Å². The van der Waals surface area contributed by atoms with E-state index in [0.29, 0.717) is 0 Å². The molecular weight excluding hydrogens is 260 g/mol. The van der Waals surface area contributed by atoms with Gasteiger partial charge >= 0.3 is 5.69 Å². The molecule has 0 bridgehead atoms. The lowest BCUT2D eigenvalue weighted by atomic mass is 10.4. The summed E-state index contributed by atoms with van der Waals surface area (Å²) in [6.07, 6.45) is 1.13. The van der Waals surface area contributed by atoms with E-state index < -0.39 is 21.3 Å². The fourth-order valence-electron chi connectivity index (χ4n) is 1.60. The molecule has 18 heavy (non-hydrogen) atoms. The van der Waals surface area contributed by atoms with Crippen LogP contribution in [0.4, 0.5) is 0 Å². The third kappa shape index (κ3) is 1.58. The molecule has 2 rings (SSSR count). The number of aryl methyl sites for hydroxylation is 1. The van der Waals surface area contributed by atoms with Crippen LogP contribution >= 0.6 is 0 Å². The Kier molecular flexibility index (Phi) is 2.65. The fraction of sp³-hybridized carbons (Fsp3) is 0.444. The summed E-state index contributed by atoms with van der Waals surface area (Å²) in [6, 6.07) is 0. The fourth-order valence-corrected chi connectivity index (χ4v) is 2.33. The first kappa shape index (κ1) is 12.6. The highest BCUT2D eigenvalue weighted by Gasteiger charge is 2.17. The summed E-state index contributed by atoms with van der Waals surface area (Å²) in [5.74, 6) is -0.144. The van der Waals surface area contributed by atoms with Crippen LogP contribution in [0.1, 0.15) is 6.92 Å². The molecule has 8 nitrogen and oxygen atoms in total. The van der Waals surface area contributed by atoms with Crippen LogP contribution in [0.5, 0.6) is 0 Å². The summed E-state index contributed by atoms with van der Waals surface area (Å²) in [7, 11) is -0.818. The van der Waals surface area contributed by atoms with Crippen molar-refractivity contribution in [3.63, 3.8) is 0 Å². The van der Waals surface area contributed by atoms with Crippen molar-refractivity contribution in [1.82, 2.24) is 18.3 Å². The van der Waals surface area contributed by atoms with Gasteiger partial charge in [-0.1, -0.05) is 0 Å². The summed E-state index contributed by atoms with van der Waals surface area (Å²) in [4.78, 5) is 23.5. The van der Waals surface area contributed by atoms with E-state index in [1.165, 1.54) is 21.0 Å². The first-order chi connectivity index (χ1) is 8.29. The second-order valence-corrected chi connectivity index (χ2v) is 5.96. The van der Waals surface area contributed by atoms with Crippen LogP contribution in [-0.4, -0.2) is 32.5 Å². The van der Waals surface area contributed by atoms with Crippen molar-refractivity contribution in [1.29, 1.82) is 0 Å². The molecule has 0 saturated carbocycles. The first-order valence-electron chi connectivity index (χ1n) is 5.18. The second-order valence-electron chi connectivity index (χ2n) is 3.85. The molecule has 0 unspecified atom stereocenters. The van der Waals surface area contributed by atoms with Crippen LogP contribution < -0.4 is 11.2 Å². The van der Waals surface area contributed by atoms with Crippen LogP contribution in [0.2, 0.25) is 0 Å². The van der Waals surface area contributed by atoms with Gasteiger partial charge in [0, 0.05) is 14.1 Å². The monoisotopic (exact) mass is 272 g/mol. The van der Waals surface area contributed by atoms with Crippen LogP contribution in [0, 0.1) is 0 Å². The maximum atomic E-state index is 11.8. The Morgan fingerprint density at radius 3 is 2.39 bits per heavy atom. The van der Waals surface area contributed by atoms with E-state index in [9.17, 15) is 18.0 Å². The zero-order valence-electron chi connectivity index (χ0n) is 10.1. The van der Waals surface area contributed by atoms with Gasteiger partial charge in [-0.3, -0.25) is 13.9 Å². The smallest absolute Gasteiger partial charge is 0.279 e. The Bertz CT molecular complexity index is 840. The van der Waals surface area contributed by atoms with Gasteiger partial charge in [-0.05, 0) is 6.92 Å². The minimum absolute atomic E-state index is 0.0557. The van der Waals surface area contributed by atoms with Gasteiger partial charge in [-0.2, -0.15) is 4.09 Å². The summed E-state index contributed by atoms with van der Waals surface area (Å²) in [5.41, 5.74) is -1.06. The summed E-state index contributed by atoms with van der Waals surface area (Å²) >= 11 is 0. The van der Waals surface area contributed by atoms with E-state index in [0.717, 1.165) is 19.4 Å². The summed E-state index contributed by atoms with van der Waals surface area (Å²) in [5, 5.41) is 3.89. The van der Waals surface area contributed by atoms with Gasteiger partial charge in [0.2, 0.25) is 0 Å². The zero-order valence-corrected chi connectivity index (χ0v) is 10.9. The second kappa shape index (κ2) is 3.80. The van der Waals surface area contributed by atoms with E-state index in [1.54, 1.807) is 0 Å². The summed E-state index contributed by atoms with van der Waals surface area (Å²) < 4.78 is 26.1. The molecule has 0 aliphatic rings. The molecule has 0 aromatic carbocycles. The highest BCUT2D eigenvalue weighted by atomic mass is 32.2. The van der Waals surface area contributed by atoms with Crippen molar-refractivity contribution in [2.45, 2.75) is 6.92 Å². The highest BCUT2D eigenvalue weighted by Crippen LogP contribution is 2.06. The summed E-state index contributed by atoms with van der Waals surface area (Å²) in [6.45, 7) is 1.47. The predicted octanol–water partition coefficient (Wildman–Crippen LogP) is -1.37. The lowest BCUT2D eigenvalue weighted by Gasteiger charge is -2.01. The number of aromatic nitrogens is 4. The third-order valence-corrected chi connectivity index (χ3v) is 4.24. The SMILES string of the molecule is CCS(=O)(=O)n1cc2c(=O)n(C)c(=O)n(C)c2n1. The molecule has 9 heteroatoms. The number of rotatable bonds is 2. The van der Waals surface area contributed by atoms with Crippen LogP contribution in [0.25, 0.3) is 11.0 Å². The molecule has 0 spiro atoms. The van der Waals surface area contributed by atoms with E-state index in [4.69, 9.17) is 0 Å². The molecule has 2 aromatic heterocycles. The minimum atomic E-state index is -3.58. The molecule has 0 radical (unpaired) electrons. The van der Waals surface area contributed by atoms with Crippen molar-refractivity contribution in [2.75, 3.05) is 5.75 Å². The molecule has 0 fully saturated rings. The Hall–Kier alpha value is -1.90. The van der Waals surface area contributed by atoms with Crippen molar-refractivity contribution in [3.8, 4) is 0 Å². The largest absolute Gasteiger partial charge is 0.332 e. The maximum Gasteiger partial charge on any atom is 0.332 e. The van der Waals surface area contributed by atoms with Gasteiger partial charge in [0.1, 0.15) is 5.39 Å². The normalized spacial score (nSPS) is 12.2. The van der Waals surface area contributed by atoms with E-state index in [2.05, 4.69) is 5.10 Å². The molecule has 0 aliphatic carbocycles. The molecule has 0 atom stereocenters. The zero-order chi connectivity index (χ0) is 13.7. The molecule has 0 saturated heterocycles. The quantitative estimate of drug-likeness (QED) is 0.672. The molecule has 2 heterocycles. The molecule has 0 aliphatic heterocycles. The lowest BCUT2D eigenvalue weighted by Crippen LogP contribution is -2.36. The van der Waals surface area contributed by atoms with Crippen molar-refractivity contribution in [2.24, 2.45) is 14.1 Å². The van der Waals surface area contributed by atoms with Crippen LogP contribution in [0.15, 0.2) is 15.8 Å². The predicted molar refractivity (Wildman–Crippen MR) is 65.1 cm³/mol. The standard InChI is InChI=1S/C9H12N4O4S/c1-4-18(16,17)13-5-6-7(10-13)11(2)9(15)12(3)8(6)14/h5H,4H2,1-3H3. The number of fused-ring (bicyclic) bond motifs is 1. The Labute approximate surface area is 102 Å². The van der Waals surface area contributed by atoms with E-state index in [1.807, 2.05) is 0 Å². The topological polar surface area (TPSA) is 96.0 Å². The third-order valence-electron chi connectivity index (χ3n) is 2.75. The van der Waals surface area contributed by atoms with Gasteiger partial charge in [0.15, 0.2) is 5.65 Å². The van der Waals surface area contributed by atoms with Gasteiger partial charge in [0.25, 0.3) is 15.6 Å². The van der Waals surface area contributed by atoms with Crippen molar-refractivity contribution >= 4 is 21.1 Å².